The molecule has 7 heteroatoms. The van der Waals surface area contributed by atoms with Crippen LogP contribution in [-0.4, -0.2) is 48.3 Å². The predicted octanol–water partition coefficient (Wildman–Crippen LogP) is 1.49. The number of piperidine rings is 1. The van der Waals surface area contributed by atoms with Crippen molar-refractivity contribution in [2.75, 3.05) is 25.0 Å². The maximum absolute atomic E-state index is 12.6. The number of primary amides is 1. The SMILES string of the molecule is NC(=O)[C@@H]1CCCN(CC(=O)Nc2ccccc2C(=O)NC2CCCC2)C1. The van der Waals surface area contributed by atoms with Crippen LogP contribution < -0.4 is 16.4 Å². The summed E-state index contributed by atoms with van der Waals surface area (Å²) in [6.07, 6.45) is 5.93. The summed E-state index contributed by atoms with van der Waals surface area (Å²) in [7, 11) is 0. The fourth-order valence-corrected chi connectivity index (χ4v) is 3.95. The molecule has 0 bridgehead atoms. The second kappa shape index (κ2) is 8.99. The third kappa shape index (κ3) is 5.29. The van der Waals surface area contributed by atoms with Crippen molar-refractivity contribution in [1.82, 2.24) is 10.2 Å². The Bertz CT molecular complexity index is 700. The van der Waals surface area contributed by atoms with Crippen molar-refractivity contribution in [2.45, 2.75) is 44.6 Å². The smallest absolute Gasteiger partial charge is 0.253 e. The lowest BCUT2D eigenvalue weighted by Crippen LogP contribution is -2.44. The molecule has 146 valence electrons. The molecule has 1 heterocycles. The molecule has 7 nitrogen and oxygen atoms in total. The van der Waals surface area contributed by atoms with Gasteiger partial charge in [0.15, 0.2) is 0 Å². The monoisotopic (exact) mass is 372 g/mol. The van der Waals surface area contributed by atoms with E-state index in [-0.39, 0.29) is 36.2 Å². The van der Waals surface area contributed by atoms with E-state index in [1.54, 1.807) is 24.3 Å². The normalized spacial score (nSPS) is 21.0. The minimum Gasteiger partial charge on any atom is -0.369 e. The van der Waals surface area contributed by atoms with E-state index in [1.807, 2.05) is 4.90 Å². The van der Waals surface area contributed by atoms with Crippen molar-refractivity contribution in [3.05, 3.63) is 29.8 Å². The van der Waals surface area contributed by atoms with Crippen LogP contribution in [0.3, 0.4) is 0 Å². The number of nitrogens with one attached hydrogen (secondary N) is 2. The number of benzene rings is 1. The number of amides is 3. The zero-order valence-corrected chi connectivity index (χ0v) is 15.6. The van der Waals surface area contributed by atoms with Crippen molar-refractivity contribution < 1.29 is 14.4 Å². The molecule has 1 aromatic rings. The molecule has 27 heavy (non-hydrogen) atoms. The Morgan fingerprint density at radius 2 is 1.81 bits per heavy atom. The number of likely N-dealkylation sites (tertiary alicyclic amines) is 1. The summed E-state index contributed by atoms with van der Waals surface area (Å²) in [6, 6.07) is 7.28. The zero-order valence-electron chi connectivity index (χ0n) is 15.6. The highest BCUT2D eigenvalue weighted by Gasteiger charge is 2.25. The third-order valence-electron chi connectivity index (χ3n) is 5.41. The number of carbonyl (C=O) groups excluding carboxylic acids is 3. The molecule has 0 unspecified atom stereocenters. The Balaban J connectivity index is 1.59. The van der Waals surface area contributed by atoms with Gasteiger partial charge in [-0.25, -0.2) is 0 Å². The fraction of sp³-hybridized carbons (Fsp3) is 0.550. The first-order chi connectivity index (χ1) is 13.0. The van der Waals surface area contributed by atoms with Gasteiger partial charge in [0, 0.05) is 12.6 Å². The van der Waals surface area contributed by atoms with Gasteiger partial charge in [0.2, 0.25) is 11.8 Å². The van der Waals surface area contributed by atoms with E-state index in [1.165, 1.54) is 0 Å². The summed E-state index contributed by atoms with van der Waals surface area (Å²) in [5.41, 5.74) is 6.39. The first-order valence-electron chi connectivity index (χ1n) is 9.74. The molecule has 4 N–H and O–H groups in total. The molecular weight excluding hydrogens is 344 g/mol. The molecule has 1 aromatic carbocycles. The van der Waals surface area contributed by atoms with Gasteiger partial charge in [0.1, 0.15) is 0 Å². The average Bonchev–Trinajstić information content (AvgIpc) is 3.15. The highest BCUT2D eigenvalue weighted by molar-refractivity contribution is 6.04. The number of rotatable bonds is 6. The van der Waals surface area contributed by atoms with Crippen LogP contribution in [0.15, 0.2) is 24.3 Å². The first-order valence-corrected chi connectivity index (χ1v) is 9.74. The number of hydrogen-bond acceptors (Lipinski definition) is 4. The number of nitrogens with zero attached hydrogens (tertiary/aromatic N) is 1. The molecule has 0 aromatic heterocycles. The van der Waals surface area contributed by atoms with Crippen molar-refractivity contribution in [3.63, 3.8) is 0 Å². The molecule has 1 aliphatic heterocycles. The average molecular weight is 372 g/mol. The van der Waals surface area contributed by atoms with Gasteiger partial charge in [-0.05, 0) is 44.4 Å². The second-order valence-corrected chi connectivity index (χ2v) is 7.53. The van der Waals surface area contributed by atoms with Crippen LogP contribution >= 0.6 is 0 Å². The number of nitrogens with two attached hydrogens (primary N) is 1. The molecular formula is C20H28N4O3. The van der Waals surface area contributed by atoms with Gasteiger partial charge in [-0.2, -0.15) is 0 Å². The third-order valence-corrected chi connectivity index (χ3v) is 5.41. The summed E-state index contributed by atoms with van der Waals surface area (Å²) in [5, 5.41) is 5.91. The number of anilines is 1. The van der Waals surface area contributed by atoms with Gasteiger partial charge in [-0.15, -0.1) is 0 Å². The van der Waals surface area contributed by atoms with Crippen LogP contribution in [0.5, 0.6) is 0 Å². The van der Waals surface area contributed by atoms with Crippen LogP contribution in [0.4, 0.5) is 5.69 Å². The van der Waals surface area contributed by atoms with Crippen LogP contribution in [0.1, 0.15) is 48.9 Å². The van der Waals surface area contributed by atoms with Gasteiger partial charge in [-0.3, -0.25) is 19.3 Å². The van der Waals surface area contributed by atoms with Crippen LogP contribution in [0.25, 0.3) is 0 Å². The molecule has 2 fully saturated rings. The van der Waals surface area contributed by atoms with E-state index in [9.17, 15) is 14.4 Å². The van der Waals surface area contributed by atoms with Gasteiger partial charge >= 0.3 is 0 Å². The standard InChI is InChI=1S/C20H28N4O3/c21-19(26)14-6-5-11-24(12-14)13-18(25)23-17-10-4-3-9-16(17)20(27)22-15-7-1-2-8-15/h3-4,9-10,14-15H,1-2,5-8,11-13H2,(H2,21,26)(H,22,27)(H,23,25)/t14-/m1/s1. The van der Waals surface area contributed by atoms with Crippen LogP contribution in [0.2, 0.25) is 0 Å². The van der Waals surface area contributed by atoms with Gasteiger partial charge in [-0.1, -0.05) is 25.0 Å². The van der Waals surface area contributed by atoms with E-state index in [0.29, 0.717) is 17.8 Å². The lowest BCUT2D eigenvalue weighted by molar-refractivity contribution is -0.125. The van der Waals surface area contributed by atoms with Crippen molar-refractivity contribution >= 4 is 23.4 Å². The lowest BCUT2D eigenvalue weighted by atomic mass is 9.97. The Morgan fingerprint density at radius 1 is 1.07 bits per heavy atom. The second-order valence-electron chi connectivity index (χ2n) is 7.53. The summed E-state index contributed by atoms with van der Waals surface area (Å²) in [5.74, 6) is -0.851. The molecule has 3 amide bonds. The molecule has 3 rings (SSSR count). The van der Waals surface area contributed by atoms with Crippen LogP contribution in [0, 0.1) is 5.92 Å². The number of para-hydroxylation sites is 1. The quantitative estimate of drug-likeness (QED) is 0.704. The number of carbonyl (C=O) groups is 3. The Hall–Kier alpha value is -2.41. The maximum atomic E-state index is 12.6. The molecule has 1 aliphatic carbocycles. The molecule has 2 aliphatic rings. The van der Waals surface area contributed by atoms with Crippen molar-refractivity contribution in [1.29, 1.82) is 0 Å². The Labute approximate surface area is 159 Å². The van der Waals surface area contributed by atoms with E-state index in [0.717, 1.165) is 45.1 Å². The molecule has 1 saturated carbocycles. The topological polar surface area (TPSA) is 105 Å². The van der Waals surface area contributed by atoms with Crippen LogP contribution in [-0.2, 0) is 9.59 Å². The highest BCUT2D eigenvalue weighted by atomic mass is 16.2. The number of hydrogen-bond donors (Lipinski definition) is 3. The fourth-order valence-electron chi connectivity index (χ4n) is 3.95. The Kier molecular flexibility index (Phi) is 6.45. The molecule has 1 atom stereocenters. The predicted molar refractivity (Wildman–Crippen MR) is 103 cm³/mol. The molecule has 0 spiro atoms. The largest absolute Gasteiger partial charge is 0.369 e. The Morgan fingerprint density at radius 3 is 2.56 bits per heavy atom. The van der Waals surface area contributed by atoms with Gasteiger partial charge in [0.05, 0.1) is 23.7 Å². The van der Waals surface area contributed by atoms with Crippen molar-refractivity contribution in [3.8, 4) is 0 Å². The summed E-state index contributed by atoms with van der Waals surface area (Å²) < 4.78 is 0. The molecule has 0 radical (unpaired) electrons. The van der Waals surface area contributed by atoms with E-state index >= 15 is 0 Å². The highest BCUT2D eigenvalue weighted by Crippen LogP contribution is 2.21. The lowest BCUT2D eigenvalue weighted by Gasteiger charge is -2.30. The minimum atomic E-state index is -0.311. The summed E-state index contributed by atoms with van der Waals surface area (Å²) in [6.45, 7) is 1.45. The summed E-state index contributed by atoms with van der Waals surface area (Å²) >= 11 is 0. The minimum absolute atomic E-state index is 0.149. The van der Waals surface area contributed by atoms with E-state index in [4.69, 9.17) is 5.73 Å². The zero-order chi connectivity index (χ0) is 19.2. The summed E-state index contributed by atoms with van der Waals surface area (Å²) in [4.78, 5) is 38.4. The maximum Gasteiger partial charge on any atom is 0.253 e. The van der Waals surface area contributed by atoms with E-state index in [2.05, 4.69) is 10.6 Å². The van der Waals surface area contributed by atoms with E-state index < -0.39 is 0 Å². The molecule has 1 saturated heterocycles. The first kappa shape index (κ1) is 19.4. The van der Waals surface area contributed by atoms with Gasteiger partial charge < -0.3 is 16.4 Å². The van der Waals surface area contributed by atoms with Gasteiger partial charge in [0.25, 0.3) is 5.91 Å². The van der Waals surface area contributed by atoms with Crippen molar-refractivity contribution in [2.24, 2.45) is 11.7 Å².